The Morgan fingerprint density at radius 3 is 2.61 bits per heavy atom. The number of piperidine rings is 1. The number of benzene rings is 2. The summed E-state index contributed by atoms with van der Waals surface area (Å²) in [4.78, 5) is 35.1. The summed E-state index contributed by atoms with van der Waals surface area (Å²) in [6.45, 7) is 11.6. The Morgan fingerprint density at radius 2 is 1.88 bits per heavy atom. The van der Waals surface area contributed by atoms with Crippen LogP contribution < -0.4 is 25.3 Å². The second kappa shape index (κ2) is 14.5. The second-order valence-electron chi connectivity index (χ2n) is 13.3. The highest BCUT2D eigenvalue weighted by Gasteiger charge is 2.37. The largest absolute Gasteiger partial charge is 0.494 e. The minimum absolute atomic E-state index is 0.0606. The summed E-state index contributed by atoms with van der Waals surface area (Å²) in [6.07, 6.45) is 8.06. The number of halogens is 2. The van der Waals surface area contributed by atoms with Gasteiger partial charge in [0.25, 0.3) is 0 Å². The number of carbonyl (C=O) groups is 1. The quantitative estimate of drug-likeness (QED) is 0.241. The lowest BCUT2D eigenvalue weighted by Gasteiger charge is -2.47. The molecule has 0 radical (unpaired) electrons. The molecule has 0 spiro atoms. The zero-order valence-electron chi connectivity index (χ0n) is 28.1. The second-order valence-corrected chi connectivity index (χ2v) is 13.7. The van der Waals surface area contributed by atoms with Crippen LogP contribution in [-0.4, -0.2) is 90.2 Å². The first-order valence-corrected chi connectivity index (χ1v) is 17.6. The van der Waals surface area contributed by atoms with Gasteiger partial charge in [0, 0.05) is 75.0 Å². The number of hydroxylamine groups is 1. The molecule has 4 fully saturated rings. The van der Waals surface area contributed by atoms with Gasteiger partial charge in [-0.2, -0.15) is 0 Å². The fraction of sp³-hybridized carbons (Fsp3) is 0.472. The number of anilines is 5. The number of hydrogen-bond donors (Lipinski definition) is 2. The predicted molar refractivity (Wildman–Crippen MR) is 190 cm³/mol. The lowest BCUT2D eigenvalue weighted by atomic mass is 9.99. The van der Waals surface area contributed by atoms with Gasteiger partial charge < -0.3 is 20.3 Å². The molecule has 4 heterocycles. The fourth-order valence-corrected chi connectivity index (χ4v) is 7.74. The van der Waals surface area contributed by atoms with Gasteiger partial charge >= 0.3 is 0 Å². The average molecular weight is 691 g/mol. The first kappa shape index (κ1) is 33.5. The topological polar surface area (TPSA) is 98.3 Å². The Morgan fingerprint density at radius 1 is 1.06 bits per heavy atom. The van der Waals surface area contributed by atoms with E-state index in [0.29, 0.717) is 59.4 Å². The van der Waals surface area contributed by atoms with Gasteiger partial charge in [-0.25, -0.2) is 19.4 Å². The number of aromatic nitrogens is 2. The van der Waals surface area contributed by atoms with E-state index in [0.717, 1.165) is 50.7 Å². The third-order valence-electron chi connectivity index (χ3n) is 10.2. The van der Waals surface area contributed by atoms with E-state index in [1.54, 1.807) is 30.4 Å². The summed E-state index contributed by atoms with van der Waals surface area (Å²) >= 11 is 6.08. The normalized spacial score (nSPS) is 22.3. The number of carbonyl (C=O) groups excluding carboxylic acids is 1. The van der Waals surface area contributed by atoms with Crippen molar-refractivity contribution in [1.82, 2.24) is 19.8 Å². The molecule has 1 saturated carbocycles. The Hall–Kier alpha value is -3.97. The zero-order chi connectivity index (χ0) is 34.1. The van der Waals surface area contributed by atoms with Gasteiger partial charge in [-0.3, -0.25) is 19.4 Å². The van der Waals surface area contributed by atoms with Crippen LogP contribution in [0.5, 0.6) is 5.75 Å². The fourth-order valence-electron chi connectivity index (χ4n) is 7.56. The molecule has 11 nitrogen and oxygen atoms in total. The minimum atomic E-state index is -0.471. The van der Waals surface area contributed by atoms with Crippen molar-refractivity contribution < 1.29 is 18.8 Å². The molecule has 1 amide bonds. The third-order valence-corrected chi connectivity index (χ3v) is 10.5. The van der Waals surface area contributed by atoms with Crippen molar-refractivity contribution in [3.63, 3.8) is 0 Å². The van der Waals surface area contributed by atoms with Gasteiger partial charge in [0.05, 0.1) is 41.8 Å². The van der Waals surface area contributed by atoms with Crippen LogP contribution in [0.1, 0.15) is 50.6 Å². The molecule has 3 aliphatic heterocycles. The molecule has 13 heteroatoms. The first-order chi connectivity index (χ1) is 23.8. The van der Waals surface area contributed by atoms with Gasteiger partial charge in [-0.05, 0) is 50.8 Å². The van der Waals surface area contributed by atoms with Gasteiger partial charge in [-0.15, -0.1) is 0 Å². The molecular weight excluding hydrogens is 647 g/mol. The summed E-state index contributed by atoms with van der Waals surface area (Å²) in [5.41, 5.74) is 2.58. The van der Waals surface area contributed by atoms with E-state index in [4.69, 9.17) is 21.2 Å². The van der Waals surface area contributed by atoms with E-state index >= 15 is 0 Å². The van der Waals surface area contributed by atoms with Gasteiger partial charge in [-0.1, -0.05) is 30.3 Å². The number of methoxy groups -OCH3 is 1. The van der Waals surface area contributed by atoms with Crippen molar-refractivity contribution in [3.8, 4) is 5.75 Å². The molecule has 2 N–H and O–H groups in total. The first-order valence-electron chi connectivity index (χ1n) is 17.2. The van der Waals surface area contributed by atoms with Gasteiger partial charge in [0.2, 0.25) is 5.91 Å². The number of rotatable bonds is 10. The van der Waals surface area contributed by atoms with Crippen molar-refractivity contribution >= 4 is 46.2 Å². The van der Waals surface area contributed by atoms with E-state index < -0.39 is 11.9 Å². The molecule has 0 unspecified atom stereocenters. The molecule has 260 valence electrons. The van der Waals surface area contributed by atoms with Crippen molar-refractivity contribution in [3.05, 3.63) is 71.8 Å². The highest BCUT2D eigenvalue weighted by atomic mass is 35.5. The standard InChI is InChI=1S/C36H44ClFN8O3/c1-4-35(47)42-28-18-29(41-33-20-34(40-22-39-33)46-30(12-17-49-46)26-6-5-7-27(37)36(26)38)32(48-3)19-31(28)43-13-10-25(11-14-43)45-16-15-44(21-23(45)2)24-8-9-24/h4-7,18-20,22-25,30H,1,8-17,21H2,2-3H3,(H,42,47)(H,39,40,41)/t23-,30-/m1/s1. The van der Waals surface area contributed by atoms with Crippen LogP contribution in [0.4, 0.5) is 33.1 Å². The molecule has 2 aromatic carbocycles. The van der Waals surface area contributed by atoms with E-state index in [2.05, 4.69) is 48.8 Å². The predicted octanol–water partition coefficient (Wildman–Crippen LogP) is 6.17. The van der Waals surface area contributed by atoms with Gasteiger partial charge in [0.1, 0.15) is 23.7 Å². The summed E-state index contributed by atoms with van der Waals surface area (Å²) < 4.78 is 20.8. The molecule has 3 saturated heterocycles. The molecule has 49 heavy (non-hydrogen) atoms. The summed E-state index contributed by atoms with van der Waals surface area (Å²) in [5.74, 6) is 0.747. The number of ether oxygens (including phenoxy) is 1. The molecular formula is C36H44ClFN8O3. The van der Waals surface area contributed by atoms with E-state index in [1.165, 1.54) is 37.9 Å². The van der Waals surface area contributed by atoms with Crippen molar-refractivity contribution in [1.29, 1.82) is 0 Å². The van der Waals surface area contributed by atoms with Crippen molar-refractivity contribution in [2.75, 3.05) is 67.0 Å². The number of hydrogen-bond acceptors (Lipinski definition) is 10. The van der Waals surface area contributed by atoms with Crippen molar-refractivity contribution in [2.24, 2.45) is 0 Å². The van der Waals surface area contributed by atoms with Crippen LogP contribution in [0, 0.1) is 5.82 Å². The highest BCUT2D eigenvalue weighted by molar-refractivity contribution is 6.30. The third kappa shape index (κ3) is 7.19. The van der Waals surface area contributed by atoms with Crippen LogP contribution in [0.25, 0.3) is 0 Å². The Bertz CT molecular complexity index is 1680. The molecule has 1 aliphatic carbocycles. The monoisotopic (exact) mass is 690 g/mol. The summed E-state index contributed by atoms with van der Waals surface area (Å²) in [7, 11) is 1.62. The Labute approximate surface area is 292 Å². The summed E-state index contributed by atoms with van der Waals surface area (Å²) in [6, 6.07) is 12.0. The maximum absolute atomic E-state index is 15.0. The number of nitrogens with zero attached hydrogens (tertiary/aromatic N) is 6. The van der Waals surface area contributed by atoms with Crippen LogP contribution in [0.15, 0.2) is 55.4 Å². The van der Waals surface area contributed by atoms with Crippen molar-refractivity contribution in [2.45, 2.75) is 63.2 Å². The molecule has 0 bridgehead atoms. The SMILES string of the molecule is C=CC(=O)Nc1cc(Nc2cc(N3OCC[C@@H]3c3cccc(Cl)c3F)ncn2)c(OC)cc1N1CCC(N2CCN(C3CC3)C[C@H]2C)CC1. The lowest BCUT2D eigenvalue weighted by Crippen LogP contribution is -2.57. The number of piperazine rings is 1. The maximum Gasteiger partial charge on any atom is 0.247 e. The lowest BCUT2D eigenvalue weighted by molar-refractivity contribution is -0.111. The van der Waals surface area contributed by atoms with E-state index in [1.807, 2.05) is 12.1 Å². The van der Waals surface area contributed by atoms with Gasteiger partial charge in [0.15, 0.2) is 5.82 Å². The van der Waals surface area contributed by atoms with E-state index in [-0.39, 0.29) is 10.9 Å². The minimum Gasteiger partial charge on any atom is -0.494 e. The number of nitrogens with one attached hydrogen (secondary N) is 2. The number of amides is 1. The Balaban J connectivity index is 1.09. The average Bonchev–Trinajstić information content (AvgIpc) is 3.86. The van der Waals surface area contributed by atoms with Crippen LogP contribution in [0.2, 0.25) is 5.02 Å². The Kier molecular flexibility index (Phi) is 9.91. The maximum atomic E-state index is 15.0. The molecule has 4 aliphatic rings. The smallest absolute Gasteiger partial charge is 0.247 e. The van der Waals surface area contributed by atoms with Crippen LogP contribution >= 0.6 is 11.6 Å². The van der Waals surface area contributed by atoms with Crippen LogP contribution in [-0.2, 0) is 9.63 Å². The molecule has 2 atom stereocenters. The van der Waals surface area contributed by atoms with E-state index in [9.17, 15) is 9.18 Å². The molecule has 3 aromatic rings. The zero-order valence-corrected chi connectivity index (χ0v) is 28.8. The molecule has 1 aromatic heterocycles. The highest BCUT2D eigenvalue weighted by Crippen LogP contribution is 2.41. The molecule has 7 rings (SSSR count). The summed E-state index contributed by atoms with van der Waals surface area (Å²) in [5, 5.41) is 8.00. The van der Waals surface area contributed by atoms with Crippen LogP contribution in [0.3, 0.4) is 0 Å².